The lowest BCUT2D eigenvalue weighted by Gasteiger charge is -2.13. The summed E-state index contributed by atoms with van der Waals surface area (Å²) in [6.07, 6.45) is 0. The van der Waals surface area contributed by atoms with E-state index in [1.54, 1.807) is 44.6 Å². The number of amides is 1. The molecule has 0 aliphatic rings. The topological polar surface area (TPSA) is 121 Å². The second-order valence-corrected chi connectivity index (χ2v) is 7.38. The molecule has 1 amide bonds. The molecule has 0 atom stereocenters. The minimum atomic E-state index is -0.531. The highest BCUT2D eigenvalue weighted by atomic mass is 16.6. The monoisotopic (exact) mass is 481 g/mol. The highest BCUT2D eigenvalue weighted by Crippen LogP contribution is 2.29. The Morgan fingerprint density at radius 3 is 1.89 bits per heavy atom. The Bertz CT molecular complexity index is 1210. The van der Waals surface area contributed by atoms with Gasteiger partial charge >= 0.3 is 0 Å². The molecule has 0 fully saturated rings. The van der Waals surface area contributed by atoms with Crippen LogP contribution in [0.3, 0.4) is 0 Å². The molecule has 10 nitrogen and oxygen atoms in total. The van der Waals surface area contributed by atoms with Gasteiger partial charge in [-0.3, -0.25) is 14.9 Å². The average molecular weight is 482 g/mol. The van der Waals surface area contributed by atoms with Gasteiger partial charge < -0.3 is 29.6 Å². The van der Waals surface area contributed by atoms with Crippen molar-refractivity contribution in [3.05, 3.63) is 81.4 Å². The number of carbonyl (C=O) groups excluding carboxylic acids is 1. The van der Waals surface area contributed by atoms with Crippen LogP contribution in [0, 0.1) is 10.1 Å². The summed E-state index contributed by atoms with van der Waals surface area (Å²) in [7, 11) is 6.17. The van der Waals surface area contributed by atoms with E-state index in [0.717, 1.165) is 11.1 Å². The van der Waals surface area contributed by atoms with Gasteiger partial charge in [0.1, 0.15) is 28.7 Å². The molecule has 0 saturated heterocycles. The van der Waals surface area contributed by atoms with Crippen molar-refractivity contribution in [3.8, 4) is 23.0 Å². The molecule has 0 radical (unpaired) electrons. The maximum Gasteiger partial charge on any atom is 0.293 e. The van der Waals surface area contributed by atoms with Crippen LogP contribution in [-0.2, 0) is 13.1 Å². The van der Waals surface area contributed by atoms with E-state index in [2.05, 4.69) is 10.6 Å². The molecule has 184 valence electrons. The van der Waals surface area contributed by atoms with E-state index in [1.165, 1.54) is 32.4 Å². The van der Waals surface area contributed by atoms with Crippen LogP contribution in [0.2, 0.25) is 0 Å². The number of carbonyl (C=O) groups is 1. The summed E-state index contributed by atoms with van der Waals surface area (Å²) in [6.45, 7) is 0.452. The SMILES string of the molecule is COc1ccc(CNC(=O)c2ccc(NCc3ccc(OC)cc3OC)c([N+](=O)[O-])c2)c(OC)c1. The van der Waals surface area contributed by atoms with Crippen molar-refractivity contribution in [1.29, 1.82) is 0 Å². The number of nitrogens with zero attached hydrogens (tertiary/aromatic N) is 1. The molecule has 0 aromatic heterocycles. The first-order valence-electron chi connectivity index (χ1n) is 10.6. The van der Waals surface area contributed by atoms with Crippen molar-refractivity contribution in [2.45, 2.75) is 13.1 Å². The van der Waals surface area contributed by atoms with Crippen LogP contribution in [-0.4, -0.2) is 39.3 Å². The Labute approximate surface area is 202 Å². The van der Waals surface area contributed by atoms with Gasteiger partial charge in [0.2, 0.25) is 0 Å². The molecule has 3 aromatic rings. The van der Waals surface area contributed by atoms with Crippen LogP contribution in [0.4, 0.5) is 11.4 Å². The quantitative estimate of drug-likeness (QED) is 0.309. The molecule has 2 N–H and O–H groups in total. The largest absolute Gasteiger partial charge is 0.497 e. The fourth-order valence-electron chi connectivity index (χ4n) is 3.44. The van der Waals surface area contributed by atoms with Crippen LogP contribution in [0.5, 0.6) is 23.0 Å². The average Bonchev–Trinajstić information content (AvgIpc) is 2.89. The van der Waals surface area contributed by atoms with Gasteiger partial charge in [-0.1, -0.05) is 0 Å². The lowest BCUT2D eigenvalue weighted by atomic mass is 10.1. The van der Waals surface area contributed by atoms with E-state index < -0.39 is 10.8 Å². The molecule has 10 heteroatoms. The van der Waals surface area contributed by atoms with Crippen molar-refractivity contribution in [1.82, 2.24) is 5.32 Å². The maximum absolute atomic E-state index is 12.7. The molecule has 0 unspecified atom stereocenters. The summed E-state index contributed by atoms with van der Waals surface area (Å²) < 4.78 is 21.1. The third kappa shape index (κ3) is 6.11. The highest BCUT2D eigenvalue weighted by molar-refractivity contribution is 5.95. The first-order chi connectivity index (χ1) is 16.9. The lowest BCUT2D eigenvalue weighted by molar-refractivity contribution is -0.384. The molecule has 0 aliphatic carbocycles. The third-order valence-corrected chi connectivity index (χ3v) is 5.35. The molecule has 0 saturated carbocycles. The number of hydrogen-bond acceptors (Lipinski definition) is 8. The van der Waals surface area contributed by atoms with E-state index >= 15 is 0 Å². The fraction of sp³-hybridized carbons (Fsp3) is 0.240. The number of hydrogen-bond donors (Lipinski definition) is 2. The minimum Gasteiger partial charge on any atom is -0.497 e. The normalized spacial score (nSPS) is 10.3. The van der Waals surface area contributed by atoms with Crippen LogP contribution >= 0.6 is 0 Å². The summed E-state index contributed by atoms with van der Waals surface area (Å²) in [4.78, 5) is 23.9. The Hall–Kier alpha value is -4.47. The molecule has 0 aliphatic heterocycles. The first kappa shape index (κ1) is 25.2. The molecular weight excluding hydrogens is 454 g/mol. The molecule has 0 spiro atoms. The van der Waals surface area contributed by atoms with Crippen LogP contribution in [0.1, 0.15) is 21.5 Å². The van der Waals surface area contributed by atoms with Gasteiger partial charge in [0.05, 0.1) is 33.4 Å². The van der Waals surface area contributed by atoms with Gasteiger partial charge in [0.15, 0.2) is 0 Å². The summed E-state index contributed by atoms with van der Waals surface area (Å²) in [6, 6.07) is 14.9. The Balaban J connectivity index is 1.73. The van der Waals surface area contributed by atoms with E-state index in [0.29, 0.717) is 23.0 Å². The molecular formula is C25H27N3O7. The predicted octanol–water partition coefficient (Wildman–Crippen LogP) is 4.17. The van der Waals surface area contributed by atoms with Crippen molar-refractivity contribution < 1.29 is 28.7 Å². The number of nitro benzene ring substituents is 1. The smallest absolute Gasteiger partial charge is 0.293 e. The summed E-state index contributed by atoms with van der Waals surface area (Å²) in [5, 5.41) is 17.5. The summed E-state index contributed by atoms with van der Waals surface area (Å²) >= 11 is 0. The van der Waals surface area contributed by atoms with Gasteiger partial charge in [0, 0.05) is 48.0 Å². The van der Waals surface area contributed by atoms with Crippen LogP contribution in [0.25, 0.3) is 0 Å². The number of nitrogens with one attached hydrogen (secondary N) is 2. The van der Waals surface area contributed by atoms with E-state index in [4.69, 9.17) is 18.9 Å². The number of nitro groups is 1. The van der Waals surface area contributed by atoms with Gasteiger partial charge in [-0.2, -0.15) is 0 Å². The number of rotatable bonds is 11. The number of benzene rings is 3. The van der Waals surface area contributed by atoms with Gasteiger partial charge in [-0.25, -0.2) is 0 Å². The van der Waals surface area contributed by atoms with Crippen molar-refractivity contribution in [3.63, 3.8) is 0 Å². The van der Waals surface area contributed by atoms with Crippen molar-refractivity contribution in [2.24, 2.45) is 0 Å². The zero-order valence-corrected chi connectivity index (χ0v) is 19.9. The van der Waals surface area contributed by atoms with Crippen molar-refractivity contribution in [2.75, 3.05) is 33.8 Å². The molecule has 35 heavy (non-hydrogen) atoms. The number of ether oxygens (including phenoxy) is 4. The van der Waals surface area contributed by atoms with E-state index in [9.17, 15) is 14.9 Å². The number of anilines is 1. The fourth-order valence-corrected chi connectivity index (χ4v) is 3.44. The summed E-state index contributed by atoms with van der Waals surface area (Å²) in [5.41, 5.74) is 1.76. The molecule has 0 bridgehead atoms. The van der Waals surface area contributed by atoms with Gasteiger partial charge in [-0.05, 0) is 36.4 Å². The lowest BCUT2D eigenvalue weighted by Crippen LogP contribution is -2.23. The molecule has 3 aromatic carbocycles. The van der Waals surface area contributed by atoms with E-state index in [-0.39, 0.29) is 30.0 Å². The Morgan fingerprint density at radius 1 is 0.800 bits per heavy atom. The minimum absolute atomic E-state index is 0.164. The second kappa shape index (κ2) is 11.6. The third-order valence-electron chi connectivity index (χ3n) is 5.35. The maximum atomic E-state index is 12.7. The first-order valence-corrected chi connectivity index (χ1v) is 10.6. The highest BCUT2D eigenvalue weighted by Gasteiger charge is 2.18. The van der Waals surface area contributed by atoms with Gasteiger partial charge in [-0.15, -0.1) is 0 Å². The van der Waals surface area contributed by atoms with E-state index in [1.807, 2.05) is 6.07 Å². The predicted molar refractivity (Wildman–Crippen MR) is 131 cm³/mol. The molecule has 3 rings (SSSR count). The van der Waals surface area contributed by atoms with Crippen LogP contribution < -0.4 is 29.6 Å². The zero-order valence-electron chi connectivity index (χ0n) is 19.9. The van der Waals surface area contributed by atoms with Crippen LogP contribution in [0.15, 0.2) is 54.6 Å². The summed E-state index contributed by atoms with van der Waals surface area (Å²) in [5.74, 6) is 1.96. The standard InChI is InChI=1S/C25H27N3O7/c1-32-19-8-5-17(23(12-19)34-3)14-26-21-10-7-16(11-22(21)28(30)31)25(29)27-15-18-6-9-20(33-2)13-24(18)35-4/h5-13,26H,14-15H2,1-4H3,(H,27,29). The Kier molecular flexibility index (Phi) is 8.33. The van der Waals surface area contributed by atoms with Crippen molar-refractivity contribution >= 4 is 17.3 Å². The Morgan fingerprint density at radius 2 is 1.37 bits per heavy atom. The second-order valence-electron chi connectivity index (χ2n) is 7.38. The van der Waals surface area contributed by atoms with Gasteiger partial charge in [0.25, 0.3) is 11.6 Å². The number of methoxy groups -OCH3 is 4. The molecule has 0 heterocycles. The zero-order chi connectivity index (χ0) is 25.4.